The summed E-state index contributed by atoms with van der Waals surface area (Å²) in [7, 11) is 0. The molecule has 0 fully saturated rings. The van der Waals surface area contributed by atoms with Gasteiger partial charge in [-0.1, -0.05) is 26.8 Å². The van der Waals surface area contributed by atoms with Crippen molar-refractivity contribution in [3.05, 3.63) is 12.2 Å². The van der Waals surface area contributed by atoms with Crippen molar-refractivity contribution in [2.24, 2.45) is 10.8 Å². The molecule has 0 aromatic carbocycles. The summed E-state index contributed by atoms with van der Waals surface area (Å²) in [6.07, 6.45) is 3.20. The fourth-order valence-corrected chi connectivity index (χ4v) is 1.55. The molecule has 3 heteroatoms. The van der Waals surface area contributed by atoms with Gasteiger partial charge in [0.05, 0.1) is 6.42 Å². The summed E-state index contributed by atoms with van der Waals surface area (Å²) in [4.78, 5) is 22.0. The van der Waals surface area contributed by atoms with Gasteiger partial charge in [0, 0.05) is 10.8 Å². The van der Waals surface area contributed by atoms with Crippen molar-refractivity contribution in [1.29, 1.82) is 0 Å². The Morgan fingerprint density at radius 1 is 1.46 bits per heavy atom. The Kier molecular flexibility index (Phi) is 2.06. The maximum atomic E-state index is 11.4. The predicted octanol–water partition coefficient (Wildman–Crippen LogP) is 1.63. The van der Waals surface area contributed by atoms with E-state index in [0.717, 1.165) is 0 Å². The molecule has 0 bridgehead atoms. The maximum Gasteiger partial charge on any atom is 0.304 e. The van der Waals surface area contributed by atoms with Gasteiger partial charge in [-0.2, -0.15) is 0 Å². The van der Waals surface area contributed by atoms with E-state index >= 15 is 0 Å². The van der Waals surface area contributed by atoms with Crippen LogP contribution < -0.4 is 0 Å². The van der Waals surface area contributed by atoms with Crippen LogP contribution in [0.5, 0.6) is 0 Å². The molecule has 0 aromatic heterocycles. The first kappa shape index (κ1) is 9.96. The molecule has 0 saturated carbocycles. The molecule has 0 aliphatic heterocycles. The highest BCUT2D eigenvalue weighted by Crippen LogP contribution is 2.47. The second-order valence-electron chi connectivity index (χ2n) is 4.31. The SMILES string of the molecule is CC1(CC(=O)O)C=CC(=O)C1(C)C. The Labute approximate surface area is 77.4 Å². The molecule has 1 unspecified atom stereocenters. The quantitative estimate of drug-likeness (QED) is 0.706. The number of aliphatic carboxylic acids is 1. The summed E-state index contributed by atoms with van der Waals surface area (Å²) in [5.74, 6) is -0.855. The van der Waals surface area contributed by atoms with E-state index in [1.54, 1.807) is 19.9 Å². The van der Waals surface area contributed by atoms with E-state index in [9.17, 15) is 9.59 Å². The van der Waals surface area contributed by atoms with E-state index in [2.05, 4.69) is 0 Å². The molecule has 3 nitrogen and oxygen atoms in total. The molecule has 1 aliphatic rings. The minimum absolute atomic E-state index is 0.00222. The summed E-state index contributed by atoms with van der Waals surface area (Å²) in [5.41, 5.74) is -1.14. The summed E-state index contributed by atoms with van der Waals surface area (Å²) in [6, 6.07) is 0. The number of rotatable bonds is 2. The Morgan fingerprint density at radius 3 is 2.31 bits per heavy atom. The van der Waals surface area contributed by atoms with Gasteiger partial charge in [-0.05, 0) is 6.08 Å². The zero-order chi connectivity index (χ0) is 10.3. The third-order valence-corrected chi connectivity index (χ3v) is 3.16. The van der Waals surface area contributed by atoms with Crippen molar-refractivity contribution >= 4 is 11.8 Å². The highest BCUT2D eigenvalue weighted by molar-refractivity contribution is 5.98. The smallest absolute Gasteiger partial charge is 0.304 e. The fraction of sp³-hybridized carbons (Fsp3) is 0.600. The van der Waals surface area contributed by atoms with Crippen LogP contribution in [0.1, 0.15) is 27.2 Å². The Balaban J connectivity index is 2.98. The van der Waals surface area contributed by atoms with Crippen LogP contribution in [-0.4, -0.2) is 16.9 Å². The zero-order valence-electron chi connectivity index (χ0n) is 8.13. The average Bonchev–Trinajstić information content (AvgIpc) is 2.13. The number of carbonyl (C=O) groups is 2. The number of carbonyl (C=O) groups excluding carboxylic acids is 1. The molecule has 1 aliphatic carbocycles. The molecule has 0 amide bonds. The number of hydrogen-bond acceptors (Lipinski definition) is 2. The summed E-state index contributed by atoms with van der Waals surface area (Å²) in [6.45, 7) is 5.39. The standard InChI is InChI=1S/C10H14O3/c1-9(2)7(11)4-5-10(9,3)6-8(12)13/h4-5H,6H2,1-3H3,(H,12,13). The van der Waals surface area contributed by atoms with Crippen LogP contribution in [0, 0.1) is 10.8 Å². The van der Waals surface area contributed by atoms with Gasteiger partial charge in [-0.15, -0.1) is 0 Å². The zero-order valence-corrected chi connectivity index (χ0v) is 8.13. The predicted molar refractivity (Wildman–Crippen MR) is 48.3 cm³/mol. The monoisotopic (exact) mass is 182 g/mol. The molecule has 0 saturated heterocycles. The van der Waals surface area contributed by atoms with Crippen molar-refractivity contribution in [2.75, 3.05) is 0 Å². The molecule has 0 aromatic rings. The van der Waals surface area contributed by atoms with Crippen LogP contribution in [0.4, 0.5) is 0 Å². The van der Waals surface area contributed by atoms with Crippen molar-refractivity contribution in [1.82, 2.24) is 0 Å². The molecule has 0 heterocycles. The van der Waals surface area contributed by atoms with Crippen LogP contribution in [0.15, 0.2) is 12.2 Å². The van der Waals surface area contributed by atoms with E-state index in [1.165, 1.54) is 6.08 Å². The van der Waals surface area contributed by atoms with E-state index in [-0.39, 0.29) is 12.2 Å². The van der Waals surface area contributed by atoms with E-state index in [0.29, 0.717) is 0 Å². The molecular weight excluding hydrogens is 168 g/mol. The largest absolute Gasteiger partial charge is 0.481 e. The number of carboxylic acid groups (broad SMARTS) is 1. The maximum absolute atomic E-state index is 11.4. The van der Waals surface area contributed by atoms with Crippen molar-refractivity contribution in [3.8, 4) is 0 Å². The van der Waals surface area contributed by atoms with Gasteiger partial charge < -0.3 is 5.11 Å². The molecule has 1 N–H and O–H groups in total. The van der Waals surface area contributed by atoms with E-state index in [1.807, 2.05) is 6.92 Å². The Morgan fingerprint density at radius 2 is 2.00 bits per heavy atom. The van der Waals surface area contributed by atoms with E-state index in [4.69, 9.17) is 5.11 Å². The minimum Gasteiger partial charge on any atom is -0.481 e. The van der Waals surface area contributed by atoms with Gasteiger partial charge >= 0.3 is 5.97 Å². The highest BCUT2D eigenvalue weighted by Gasteiger charge is 2.48. The first-order chi connectivity index (χ1) is 5.79. The van der Waals surface area contributed by atoms with Crippen molar-refractivity contribution in [2.45, 2.75) is 27.2 Å². The third-order valence-electron chi connectivity index (χ3n) is 3.16. The lowest BCUT2D eigenvalue weighted by Crippen LogP contribution is -2.36. The van der Waals surface area contributed by atoms with E-state index < -0.39 is 16.8 Å². The first-order valence-corrected chi connectivity index (χ1v) is 4.25. The molecule has 1 atom stereocenters. The second-order valence-corrected chi connectivity index (χ2v) is 4.31. The van der Waals surface area contributed by atoms with Gasteiger partial charge in [-0.25, -0.2) is 0 Å². The molecule has 0 radical (unpaired) electrons. The number of ketones is 1. The summed E-state index contributed by atoms with van der Waals surface area (Å²) >= 11 is 0. The lowest BCUT2D eigenvalue weighted by molar-refractivity contribution is -0.141. The van der Waals surface area contributed by atoms with Crippen molar-refractivity contribution in [3.63, 3.8) is 0 Å². The lowest BCUT2D eigenvalue weighted by atomic mass is 9.67. The molecular formula is C10H14O3. The number of allylic oxidation sites excluding steroid dienone is 2. The van der Waals surface area contributed by atoms with Gasteiger partial charge in [0.1, 0.15) is 0 Å². The lowest BCUT2D eigenvalue weighted by Gasteiger charge is -2.34. The third kappa shape index (κ3) is 1.39. The number of hydrogen-bond donors (Lipinski definition) is 1. The van der Waals surface area contributed by atoms with Crippen LogP contribution in [0.3, 0.4) is 0 Å². The minimum atomic E-state index is -0.866. The van der Waals surface area contributed by atoms with Gasteiger partial charge in [0.25, 0.3) is 0 Å². The molecule has 1 rings (SSSR count). The normalized spacial score (nSPS) is 30.8. The fourth-order valence-electron chi connectivity index (χ4n) is 1.55. The molecule has 0 spiro atoms. The highest BCUT2D eigenvalue weighted by atomic mass is 16.4. The Bertz CT molecular complexity index is 289. The van der Waals surface area contributed by atoms with Crippen LogP contribution in [0.25, 0.3) is 0 Å². The van der Waals surface area contributed by atoms with Gasteiger partial charge in [0.2, 0.25) is 0 Å². The van der Waals surface area contributed by atoms with Crippen molar-refractivity contribution < 1.29 is 14.7 Å². The Hall–Kier alpha value is -1.12. The van der Waals surface area contributed by atoms with Crippen LogP contribution in [0.2, 0.25) is 0 Å². The molecule has 72 valence electrons. The van der Waals surface area contributed by atoms with Gasteiger partial charge in [0.15, 0.2) is 5.78 Å². The first-order valence-electron chi connectivity index (χ1n) is 4.25. The summed E-state index contributed by atoms with van der Waals surface area (Å²) < 4.78 is 0. The molecule has 13 heavy (non-hydrogen) atoms. The van der Waals surface area contributed by atoms with Crippen LogP contribution >= 0.6 is 0 Å². The second kappa shape index (κ2) is 2.69. The topological polar surface area (TPSA) is 54.4 Å². The van der Waals surface area contributed by atoms with Crippen LogP contribution in [-0.2, 0) is 9.59 Å². The average molecular weight is 182 g/mol. The van der Waals surface area contributed by atoms with Gasteiger partial charge in [-0.3, -0.25) is 9.59 Å². The summed E-state index contributed by atoms with van der Waals surface area (Å²) in [5, 5.41) is 8.71. The number of carboxylic acids is 1.